The van der Waals surface area contributed by atoms with E-state index in [1.54, 1.807) is 0 Å². The molecule has 0 heterocycles. The van der Waals surface area contributed by atoms with Crippen LogP contribution in [0.25, 0.3) is 0 Å². The molecule has 0 fully saturated rings. The summed E-state index contributed by atoms with van der Waals surface area (Å²) in [4.78, 5) is 0. The number of halogens is 4. The Hall–Kier alpha value is -1.76. The fraction of sp³-hybridized carbons (Fsp3) is 0.125. The van der Waals surface area contributed by atoms with Crippen LogP contribution in [-0.4, -0.2) is 5.88 Å². The Balaban J connectivity index is 2.17. The Labute approximate surface area is 131 Å². The standard InChI is InChI=1S/C16H10Cl2F2O/c17-7-1-2-11-3-5-15(20)16(8-11)21-10-12-9-13(18)4-6-14(12)19/h3-6,8-9H,7,10H2. The molecule has 0 atom stereocenters. The number of rotatable bonds is 3. The highest BCUT2D eigenvalue weighted by Crippen LogP contribution is 2.21. The predicted molar refractivity (Wildman–Crippen MR) is 79.7 cm³/mol. The minimum absolute atomic E-state index is 0.00394. The third-order valence-electron chi connectivity index (χ3n) is 2.62. The molecule has 0 aromatic heterocycles. The van der Waals surface area contributed by atoms with Gasteiger partial charge >= 0.3 is 0 Å². The largest absolute Gasteiger partial charge is 0.486 e. The molecule has 2 aromatic rings. The summed E-state index contributed by atoms with van der Waals surface area (Å²) < 4.78 is 32.5. The molecule has 0 radical (unpaired) electrons. The monoisotopic (exact) mass is 326 g/mol. The van der Waals surface area contributed by atoms with Crippen LogP contribution < -0.4 is 4.74 Å². The van der Waals surface area contributed by atoms with E-state index in [0.29, 0.717) is 10.6 Å². The second kappa shape index (κ2) is 7.31. The van der Waals surface area contributed by atoms with Crippen molar-refractivity contribution in [3.63, 3.8) is 0 Å². The van der Waals surface area contributed by atoms with Crippen LogP contribution in [0.1, 0.15) is 11.1 Å². The van der Waals surface area contributed by atoms with Crippen molar-refractivity contribution in [1.82, 2.24) is 0 Å². The van der Waals surface area contributed by atoms with Gasteiger partial charge in [0.2, 0.25) is 0 Å². The van der Waals surface area contributed by atoms with Gasteiger partial charge < -0.3 is 4.74 Å². The van der Waals surface area contributed by atoms with E-state index in [0.717, 1.165) is 0 Å². The molecule has 0 spiro atoms. The first-order chi connectivity index (χ1) is 10.1. The number of benzene rings is 2. The molecule has 0 saturated carbocycles. The van der Waals surface area contributed by atoms with E-state index in [4.69, 9.17) is 27.9 Å². The summed E-state index contributed by atoms with van der Waals surface area (Å²) in [5.41, 5.74) is 0.817. The summed E-state index contributed by atoms with van der Waals surface area (Å²) in [6.07, 6.45) is 0. The number of alkyl halides is 1. The first kappa shape index (κ1) is 15.6. The quantitative estimate of drug-likeness (QED) is 0.582. The smallest absolute Gasteiger partial charge is 0.165 e. The molecule has 2 aromatic carbocycles. The van der Waals surface area contributed by atoms with Gasteiger partial charge in [-0.25, -0.2) is 8.78 Å². The van der Waals surface area contributed by atoms with Gasteiger partial charge in [-0.05, 0) is 36.4 Å². The van der Waals surface area contributed by atoms with E-state index >= 15 is 0 Å². The van der Waals surface area contributed by atoms with Crippen LogP contribution in [0.3, 0.4) is 0 Å². The third kappa shape index (κ3) is 4.35. The lowest BCUT2D eigenvalue weighted by atomic mass is 10.2. The average Bonchev–Trinajstić information content (AvgIpc) is 2.48. The zero-order valence-electron chi connectivity index (χ0n) is 10.8. The lowest BCUT2D eigenvalue weighted by molar-refractivity contribution is 0.284. The predicted octanol–water partition coefficient (Wildman–Crippen LogP) is 4.79. The van der Waals surface area contributed by atoms with Gasteiger partial charge in [-0.1, -0.05) is 23.4 Å². The first-order valence-electron chi connectivity index (χ1n) is 6.01. The molecule has 2 rings (SSSR count). The molecule has 21 heavy (non-hydrogen) atoms. The van der Waals surface area contributed by atoms with E-state index in [9.17, 15) is 8.78 Å². The van der Waals surface area contributed by atoms with Gasteiger partial charge in [0.05, 0.1) is 5.88 Å². The molecule has 0 aliphatic carbocycles. The molecule has 108 valence electrons. The summed E-state index contributed by atoms with van der Waals surface area (Å²) in [5.74, 6) is 4.59. The minimum Gasteiger partial charge on any atom is -0.486 e. The molecule has 0 unspecified atom stereocenters. The normalized spacial score (nSPS) is 9.90. The van der Waals surface area contributed by atoms with Gasteiger partial charge in [0.1, 0.15) is 12.4 Å². The molecule has 0 aliphatic heterocycles. The summed E-state index contributed by atoms with van der Waals surface area (Å²) in [6, 6.07) is 8.30. The first-order valence-corrected chi connectivity index (χ1v) is 6.92. The van der Waals surface area contributed by atoms with Crippen LogP contribution in [0.15, 0.2) is 36.4 Å². The maximum absolute atomic E-state index is 13.7. The van der Waals surface area contributed by atoms with E-state index in [-0.39, 0.29) is 23.8 Å². The lowest BCUT2D eigenvalue weighted by Gasteiger charge is -2.09. The fourth-order valence-electron chi connectivity index (χ4n) is 1.64. The maximum Gasteiger partial charge on any atom is 0.165 e. The van der Waals surface area contributed by atoms with Crippen molar-refractivity contribution in [2.24, 2.45) is 0 Å². The second-order valence-electron chi connectivity index (χ2n) is 4.11. The van der Waals surface area contributed by atoms with Crippen LogP contribution in [0.5, 0.6) is 5.75 Å². The second-order valence-corrected chi connectivity index (χ2v) is 4.81. The lowest BCUT2D eigenvalue weighted by Crippen LogP contribution is -2.00. The van der Waals surface area contributed by atoms with Crippen molar-refractivity contribution in [2.45, 2.75) is 6.61 Å². The maximum atomic E-state index is 13.7. The Bertz CT molecular complexity index is 705. The highest BCUT2D eigenvalue weighted by Gasteiger charge is 2.08. The molecule has 0 aliphatic rings. The van der Waals surface area contributed by atoms with Crippen LogP contribution in [-0.2, 0) is 6.61 Å². The zero-order valence-corrected chi connectivity index (χ0v) is 12.3. The van der Waals surface area contributed by atoms with Crippen LogP contribution in [0.2, 0.25) is 5.02 Å². The van der Waals surface area contributed by atoms with Gasteiger partial charge in [-0.15, -0.1) is 11.6 Å². The fourth-order valence-corrected chi connectivity index (χ4v) is 1.90. The van der Waals surface area contributed by atoms with Gasteiger partial charge in [0, 0.05) is 16.1 Å². The molecular formula is C16H10Cl2F2O. The van der Waals surface area contributed by atoms with Gasteiger partial charge in [0.15, 0.2) is 11.6 Å². The van der Waals surface area contributed by atoms with Gasteiger partial charge in [-0.3, -0.25) is 0 Å². The molecule has 0 saturated heterocycles. The average molecular weight is 327 g/mol. The number of hydrogen-bond acceptors (Lipinski definition) is 1. The van der Waals surface area contributed by atoms with Crippen molar-refractivity contribution in [3.05, 3.63) is 64.2 Å². The van der Waals surface area contributed by atoms with E-state index < -0.39 is 11.6 Å². The highest BCUT2D eigenvalue weighted by atomic mass is 35.5. The van der Waals surface area contributed by atoms with E-state index in [2.05, 4.69) is 11.8 Å². The molecular weight excluding hydrogens is 317 g/mol. The molecule has 1 nitrogen and oxygen atoms in total. The summed E-state index contributed by atoms with van der Waals surface area (Å²) in [7, 11) is 0. The minimum atomic E-state index is -0.547. The van der Waals surface area contributed by atoms with Crippen LogP contribution in [0.4, 0.5) is 8.78 Å². The summed E-state index contributed by atoms with van der Waals surface area (Å²) >= 11 is 11.2. The molecule has 5 heteroatoms. The number of hydrogen-bond donors (Lipinski definition) is 0. The van der Waals surface area contributed by atoms with Crippen molar-refractivity contribution < 1.29 is 13.5 Å². The van der Waals surface area contributed by atoms with Crippen molar-refractivity contribution in [2.75, 3.05) is 5.88 Å². The molecule has 0 N–H and O–H groups in total. The van der Waals surface area contributed by atoms with Crippen molar-refractivity contribution in [3.8, 4) is 17.6 Å². The highest BCUT2D eigenvalue weighted by molar-refractivity contribution is 6.30. The number of ether oxygens (including phenoxy) is 1. The third-order valence-corrected chi connectivity index (χ3v) is 2.99. The van der Waals surface area contributed by atoms with Gasteiger partial charge in [-0.2, -0.15) is 0 Å². The van der Waals surface area contributed by atoms with E-state index in [1.165, 1.54) is 36.4 Å². The van der Waals surface area contributed by atoms with E-state index in [1.807, 2.05) is 0 Å². The summed E-state index contributed by atoms with van der Waals surface area (Å²) in [5, 5.41) is 0.386. The molecule has 0 bridgehead atoms. The van der Waals surface area contributed by atoms with Crippen molar-refractivity contribution in [1.29, 1.82) is 0 Å². The molecule has 0 amide bonds. The van der Waals surface area contributed by atoms with Crippen LogP contribution in [0, 0.1) is 23.5 Å². The Morgan fingerprint density at radius 3 is 2.57 bits per heavy atom. The Morgan fingerprint density at radius 2 is 1.81 bits per heavy atom. The zero-order chi connectivity index (χ0) is 15.2. The summed E-state index contributed by atoms with van der Waals surface area (Å²) in [6.45, 7) is -0.129. The van der Waals surface area contributed by atoms with Gasteiger partial charge in [0.25, 0.3) is 0 Å². The van der Waals surface area contributed by atoms with Crippen LogP contribution >= 0.6 is 23.2 Å². The van der Waals surface area contributed by atoms with Crippen molar-refractivity contribution >= 4 is 23.2 Å². The Kier molecular flexibility index (Phi) is 5.44. The SMILES string of the molecule is Fc1ccc(Cl)cc1COc1cc(C#CCCl)ccc1F. The topological polar surface area (TPSA) is 9.23 Å². The Morgan fingerprint density at radius 1 is 1.05 bits per heavy atom.